The van der Waals surface area contributed by atoms with Crippen molar-refractivity contribution in [2.75, 3.05) is 12.3 Å². The third-order valence-electron chi connectivity index (χ3n) is 3.95. The van der Waals surface area contributed by atoms with Gasteiger partial charge >= 0.3 is 5.97 Å². The molecule has 0 radical (unpaired) electrons. The Labute approximate surface area is 146 Å². The zero-order valence-corrected chi connectivity index (χ0v) is 14.5. The predicted octanol–water partition coefficient (Wildman–Crippen LogP) is 2.26. The molecule has 3 heterocycles. The van der Waals surface area contributed by atoms with Gasteiger partial charge in [0.2, 0.25) is 0 Å². The molecule has 1 aliphatic rings. The molecule has 0 amide bonds. The number of fused-ring (bicyclic) bond motifs is 1. The highest BCUT2D eigenvalue weighted by atomic mass is 16.6. The highest BCUT2D eigenvalue weighted by molar-refractivity contribution is 5.69. The molecule has 2 unspecified atom stereocenters. The highest BCUT2D eigenvalue weighted by Gasteiger charge is 2.29. The minimum absolute atomic E-state index is 0.0687. The van der Waals surface area contributed by atoms with Crippen LogP contribution in [0.1, 0.15) is 44.9 Å². The molecule has 1 saturated heterocycles. The van der Waals surface area contributed by atoms with E-state index in [0.29, 0.717) is 24.8 Å². The molecule has 0 spiro atoms. The van der Waals surface area contributed by atoms with E-state index in [2.05, 4.69) is 16.7 Å². The van der Waals surface area contributed by atoms with Gasteiger partial charge in [0.1, 0.15) is 24.6 Å². The Morgan fingerprint density at radius 2 is 2.24 bits per heavy atom. The summed E-state index contributed by atoms with van der Waals surface area (Å²) in [4.78, 5) is 15.6. The van der Waals surface area contributed by atoms with Crippen LogP contribution in [0.2, 0.25) is 0 Å². The van der Waals surface area contributed by atoms with Crippen molar-refractivity contribution in [3.05, 3.63) is 24.2 Å². The Morgan fingerprint density at radius 3 is 2.96 bits per heavy atom. The third-order valence-corrected chi connectivity index (χ3v) is 3.95. The molecule has 25 heavy (non-hydrogen) atoms. The Balaban J connectivity index is 0.00000109. The Morgan fingerprint density at radius 1 is 1.48 bits per heavy atom. The molecule has 0 aromatic carbocycles. The van der Waals surface area contributed by atoms with Crippen molar-refractivity contribution < 1.29 is 14.3 Å². The van der Waals surface area contributed by atoms with Crippen molar-refractivity contribution in [3.8, 4) is 6.57 Å². The molecule has 134 valence electrons. The maximum Gasteiger partial charge on any atom is 0.306 e. The summed E-state index contributed by atoms with van der Waals surface area (Å²) >= 11 is 0. The fraction of sp³-hybridized carbons (Fsp3) is 0.529. The number of aromatic nitrogens is 3. The first kappa shape index (κ1) is 18.7. The maximum absolute atomic E-state index is 11.6. The van der Waals surface area contributed by atoms with Crippen LogP contribution in [-0.2, 0) is 14.3 Å². The zero-order valence-electron chi connectivity index (χ0n) is 14.5. The second kappa shape index (κ2) is 8.44. The van der Waals surface area contributed by atoms with Crippen LogP contribution in [0, 0.1) is 17.8 Å². The molecule has 8 nitrogen and oxygen atoms in total. The number of anilines is 1. The van der Waals surface area contributed by atoms with Crippen molar-refractivity contribution in [2.45, 2.75) is 45.3 Å². The number of carbonyl (C=O) groups excluding carboxylic acids is 1. The van der Waals surface area contributed by atoms with E-state index in [-0.39, 0.29) is 18.2 Å². The van der Waals surface area contributed by atoms with E-state index in [1.54, 1.807) is 4.52 Å². The zero-order chi connectivity index (χ0) is 18.4. The van der Waals surface area contributed by atoms with Crippen LogP contribution in [-0.4, -0.2) is 33.3 Å². The lowest BCUT2D eigenvalue weighted by Crippen LogP contribution is -2.19. The van der Waals surface area contributed by atoms with Gasteiger partial charge < -0.3 is 15.2 Å². The van der Waals surface area contributed by atoms with Gasteiger partial charge in [0.25, 0.3) is 0 Å². The molecule has 1 fully saturated rings. The molecular formula is C17H23N5O3. The lowest BCUT2D eigenvalue weighted by atomic mass is 10.1. The van der Waals surface area contributed by atoms with Gasteiger partial charge in [-0.3, -0.25) is 4.79 Å². The minimum atomic E-state index is -0.166. The third kappa shape index (κ3) is 4.45. The molecule has 2 atom stereocenters. The van der Waals surface area contributed by atoms with E-state index in [4.69, 9.17) is 20.5 Å². The van der Waals surface area contributed by atoms with Crippen molar-refractivity contribution in [3.63, 3.8) is 0 Å². The standard InChI is InChI=1S/C16H22N4O3.CHN/c1-10(2)7-15(21)22-8-11-3-6-14(23-11)12-4-5-13-16(17)18-9-19-20(12)13;1-2/h4-5,9-11,14H,3,6-8H2,1-2H3,(H2,17,18,19);1H. The molecule has 2 N–H and O–H groups in total. The topological polar surface area (TPSA) is 116 Å². The largest absolute Gasteiger partial charge is 0.463 e. The van der Waals surface area contributed by atoms with E-state index in [1.165, 1.54) is 6.33 Å². The summed E-state index contributed by atoms with van der Waals surface area (Å²) in [5.41, 5.74) is 7.57. The monoisotopic (exact) mass is 345 g/mol. The van der Waals surface area contributed by atoms with Gasteiger partial charge in [0.15, 0.2) is 5.82 Å². The first-order chi connectivity index (χ1) is 12.0. The van der Waals surface area contributed by atoms with Crippen LogP contribution in [0.25, 0.3) is 5.52 Å². The summed E-state index contributed by atoms with van der Waals surface area (Å²) in [5.74, 6) is 0.584. The molecule has 2 aromatic rings. The average Bonchev–Trinajstić information content (AvgIpc) is 3.21. The van der Waals surface area contributed by atoms with Crippen molar-refractivity contribution in [1.82, 2.24) is 14.6 Å². The number of rotatable bonds is 5. The van der Waals surface area contributed by atoms with Gasteiger partial charge in [-0.2, -0.15) is 5.10 Å². The summed E-state index contributed by atoms with van der Waals surface area (Å²) in [6.07, 6.45) is 3.46. The molecule has 0 saturated carbocycles. The molecule has 3 rings (SSSR count). The number of nitriles is 1. The minimum Gasteiger partial charge on any atom is -0.463 e. The SMILES string of the molecule is C#N.CC(C)CC(=O)OCC1CCC(c2ccc3c(N)ncnn23)O1. The number of nitrogens with zero attached hydrogens (tertiary/aromatic N) is 4. The van der Waals surface area contributed by atoms with Gasteiger partial charge in [0.05, 0.1) is 11.8 Å². The van der Waals surface area contributed by atoms with E-state index in [1.807, 2.05) is 26.0 Å². The number of ether oxygens (including phenoxy) is 2. The van der Waals surface area contributed by atoms with Crippen LogP contribution < -0.4 is 5.73 Å². The van der Waals surface area contributed by atoms with Crippen molar-refractivity contribution >= 4 is 17.3 Å². The van der Waals surface area contributed by atoms with E-state index in [0.717, 1.165) is 24.1 Å². The normalized spacial score (nSPS) is 19.6. The van der Waals surface area contributed by atoms with Gasteiger partial charge in [-0.25, -0.2) is 14.8 Å². The quantitative estimate of drug-likeness (QED) is 0.826. The van der Waals surface area contributed by atoms with Crippen LogP contribution >= 0.6 is 0 Å². The van der Waals surface area contributed by atoms with Crippen LogP contribution in [0.15, 0.2) is 18.5 Å². The number of hydrogen-bond donors (Lipinski definition) is 1. The second-order valence-corrected chi connectivity index (χ2v) is 6.31. The first-order valence-corrected chi connectivity index (χ1v) is 8.19. The van der Waals surface area contributed by atoms with Gasteiger partial charge in [-0.1, -0.05) is 13.8 Å². The second-order valence-electron chi connectivity index (χ2n) is 6.31. The Bertz CT molecular complexity index is 740. The number of esters is 1. The van der Waals surface area contributed by atoms with Crippen LogP contribution in [0.5, 0.6) is 0 Å². The van der Waals surface area contributed by atoms with Crippen molar-refractivity contribution in [2.24, 2.45) is 5.92 Å². The number of carbonyl (C=O) groups is 1. The van der Waals surface area contributed by atoms with E-state index >= 15 is 0 Å². The smallest absolute Gasteiger partial charge is 0.306 e. The van der Waals surface area contributed by atoms with Gasteiger partial charge in [0, 0.05) is 13.0 Å². The molecule has 8 heteroatoms. The first-order valence-electron chi connectivity index (χ1n) is 8.19. The summed E-state index contributed by atoms with van der Waals surface area (Å²) in [5, 5.41) is 10.7. The maximum atomic E-state index is 11.6. The molecule has 0 bridgehead atoms. The molecular weight excluding hydrogens is 322 g/mol. The molecule has 0 aliphatic carbocycles. The van der Waals surface area contributed by atoms with Gasteiger partial charge in [-0.15, -0.1) is 0 Å². The summed E-state index contributed by atoms with van der Waals surface area (Å²) in [6, 6.07) is 3.85. The lowest BCUT2D eigenvalue weighted by molar-refractivity contribution is -0.148. The Kier molecular flexibility index (Phi) is 6.31. The van der Waals surface area contributed by atoms with E-state index < -0.39 is 0 Å². The highest BCUT2D eigenvalue weighted by Crippen LogP contribution is 2.33. The van der Waals surface area contributed by atoms with E-state index in [9.17, 15) is 4.79 Å². The fourth-order valence-corrected chi connectivity index (χ4v) is 2.84. The Hall–Kier alpha value is -2.66. The predicted molar refractivity (Wildman–Crippen MR) is 91.3 cm³/mol. The summed E-state index contributed by atoms with van der Waals surface area (Å²) < 4.78 is 13.1. The number of nitrogens with two attached hydrogens (primary N) is 1. The van der Waals surface area contributed by atoms with Crippen LogP contribution in [0.3, 0.4) is 0 Å². The van der Waals surface area contributed by atoms with Crippen molar-refractivity contribution in [1.29, 1.82) is 5.26 Å². The molecule has 1 aliphatic heterocycles. The summed E-state index contributed by atoms with van der Waals surface area (Å²) in [7, 11) is 0. The van der Waals surface area contributed by atoms with Crippen LogP contribution in [0.4, 0.5) is 5.82 Å². The lowest BCUT2D eigenvalue weighted by Gasteiger charge is -2.14. The number of hydrogen-bond acceptors (Lipinski definition) is 7. The average molecular weight is 345 g/mol. The summed E-state index contributed by atoms with van der Waals surface area (Å²) in [6.45, 7) is 7.80. The number of nitrogen functional groups attached to an aromatic ring is 1. The fourth-order valence-electron chi connectivity index (χ4n) is 2.84. The molecule has 2 aromatic heterocycles. The van der Waals surface area contributed by atoms with Gasteiger partial charge in [-0.05, 0) is 30.9 Å².